The molecule has 0 aliphatic heterocycles. The van der Waals surface area contributed by atoms with Crippen molar-refractivity contribution in [1.82, 2.24) is 4.98 Å². The standard InChI is InChI=1S/C18H15N3/c19-15-10-4-5-11-16(15)21-18(14-8-2-1-3-9-14)17-12-6-7-13-20-17/h1-13H,19H2. The molecule has 0 unspecified atom stereocenters. The van der Waals surface area contributed by atoms with Crippen molar-refractivity contribution in [1.29, 1.82) is 0 Å². The Balaban J connectivity index is 2.16. The largest absolute Gasteiger partial charge is 0.397 e. The second-order valence-electron chi connectivity index (χ2n) is 4.60. The molecule has 21 heavy (non-hydrogen) atoms. The summed E-state index contributed by atoms with van der Waals surface area (Å²) in [4.78, 5) is 9.14. The van der Waals surface area contributed by atoms with Crippen LogP contribution in [0.1, 0.15) is 11.3 Å². The Labute approximate surface area is 123 Å². The van der Waals surface area contributed by atoms with E-state index in [1.807, 2.05) is 72.8 Å². The molecule has 0 radical (unpaired) electrons. The van der Waals surface area contributed by atoms with E-state index in [1.165, 1.54) is 0 Å². The summed E-state index contributed by atoms with van der Waals surface area (Å²) in [6, 6.07) is 23.4. The summed E-state index contributed by atoms with van der Waals surface area (Å²) in [6.45, 7) is 0. The SMILES string of the molecule is Nc1ccccc1N=C(c1ccccc1)c1ccccn1. The quantitative estimate of drug-likeness (QED) is 0.582. The number of anilines is 1. The minimum Gasteiger partial charge on any atom is -0.397 e. The maximum atomic E-state index is 6.00. The van der Waals surface area contributed by atoms with Gasteiger partial charge < -0.3 is 5.73 Å². The molecule has 1 aromatic heterocycles. The lowest BCUT2D eigenvalue weighted by Crippen LogP contribution is -2.05. The lowest BCUT2D eigenvalue weighted by Gasteiger charge is -2.07. The van der Waals surface area contributed by atoms with Crippen molar-refractivity contribution in [3.05, 3.63) is 90.3 Å². The van der Waals surface area contributed by atoms with E-state index in [9.17, 15) is 0 Å². The number of pyridine rings is 1. The first-order valence-electron chi connectivity index (χ1n) is 6.74. The summed E-state index contributed by atoms with van der Waals surface area (Å²) in [5.74, 6) is 0. The molecule has 0 atom stereocenters. The van der Waals surface area contributed by atoms with Crippen LogP contribution in [0.5, 0.6) is 0 Å². The highest BCUT2D eigenvalue weighted by Crippen LogP contribution is 2.23. The van der Waals surface area contributed by atoms with Crippen molar-refractivity contribution in [3.63, 3.8) is 0 Å². The number of aromatic nitrogens is 1. The monoisotopic (exact) mass is 273 g/mol. The predicted octanol–water partition coefficient (Wildman–Crippen LogP) is 3.83. The van der Waals surface area contributed by atoms with Crippen LogP contribution < -0.4 is 5.73 Å². The van der Waals surface area contributed by atoms with Crippen LogP contribution in [0.3, 0.4) is 0 Å². The number of nitrogens with two attached hydrogens (primary N) is 1. The van der Waals surface area contributed by atoms with Crippen molar-refractivity contribution in [3.8, 4) is 0 Å². The lowest BCUT2D eigenvalue weighted by molar-refractivity contribution is 1.28. The predicted molar refractivity (Wildman–Crippen MR) is 86.8 cm³/mol. The molecule has 0 spiro atoms. The van der Waals surface area contributed by atoms with Gasteiger partial charge in [0.15, 0.2) is 0 Å². The molecule has 2 N–H and O–H groups in total. The molecule has 3 aromatic rings. The lowest BCUT2D eigenvalue weighted by atomic mass is 10.1. The Kier molecular flexibility index (Phi) is 3.74. The molecule has 0 saturated carbocycles. The third kappa shape index (κ3) is 2.98. The first-order valence-corrected chi connectivity index (χ1v) is 6.74. The highest BCUT2D eigenvalue weighted by atomic mass is 14.8. The van der Waals surface area contributed by atoms with Gasteiger partial charge in [0, 0.05) is 11.8 Å². The first-order chi connectivity index (χ1) is 10.3. The number of benzene rings is 2. The van der Waals surface area contributed by atoms with Gasteiger partial charge in [-0.25, -0.2) is 4.99 Å². The first kappa shape index (κ1) is 13.1. The van der Waals surface area contributed by atoms with Crippen LogP contribution in [0.4, 0.5) is 11.4 Å². The average molecular weight is 273 g/mol. The summed E-state index contributed by atoms with van der Waals surface area (Å²) >= 11 is 0. The number of aliphatic imine (C=N–C) groups is 1. The van der Waals surface area contributed by atoms with Crippen LogP contribution in [0.15, 0.2) is 84.0 Å². The molecule has 3 nitrogen and oxygen atoms in total. The van der Waals surface area contributed by atoms with Crippen LogP contribution in [-0.4, -0.2) is 10.7 Å². The topological polar surface area (TPSA) is 51.3 Å². The Hall–Kier alpha value is -2.94. The molecule has 0 aliphatic carbocycles. The van der Waals surface area contributed by atoms with Gasteiger partial charge in [0.25, 0.3) is 0 Å². The van der Waals surface area contributed by atoms with Gasteiger partial charge in [-0.05, 0) is 24.3 Å². The van der Waals surface area contributed by atoms with Gasteiger partial charge in [0.2, 0.25) is 0 Å². The molecule has 0 fully saturated rings. The smallest absolute Gasteiger partial charge is 0.0966 e. The van der Waals surface area contributed by atoms with Gasteiger partial charge in [-0.1, -0.05) is 48.5 Å². The second kappa shape index (κ2) is 6.01. The fraction of sp³-hybridized carbons (Fsp3) is 0. The molecule has 0 saturated heterocycles. The van der Waals surface area contributed by atoms with E-state index in [0.717, 1.165) is 22.7 Å². The van der Waals surface area contributed by atoms with Crippen LogP contribution in [0.25, 0.3) is 0 Å². The Morgan fingerprint density at radius 2 is 1.52 bits per heavy atom. The van der Waals surface area contributed by atoms with Crippen LogP contribution in [0.2, 0.25) is 0 Å². The summed E-state index contributed by atoms with van der Waals surface area (Å²) in [6.07, 6.45) is 1.77. The van der Waals surface area contributed by atoms with Gasteiger partial charge >= 0.3 is 0 Å². The van der Waals surface area contributed by atoms with Gasteiger partial charge in [-0.3, -0.25) is 4.98 Å². The van der Waals surface area contributed by atoms with Gasteiger partial charge in [-0.15, -0.1) is 0 Å². The highest BCUT2D eigenvalue weighted by molar-refractivity contribution is 6.13. The third-order valence-corrected chi connectivity index (χ3v) is 3.12. The van der Waals surface area contributed by atoms with E-state index in [1.54, 1.807) is 6.20 Å². The van der Waals surface area contributed by atoms with E-state index < -0.39 is 0 Å². The molecule has 3 rings (SSSR count). The number of rotatable bonds is 3. The number of hydrogen-bond acceptors (Lipinski definition) is 3. The minimum absolute atomic E-state index is 0.655. The van der Waals surface area contributed by atoms with Crippen LogP contribution in [-0.2, 0) is 0 Å². The number of nitrogen functional groups attached to an aromatic ring is 1. The number of nitrogens with zero attached hydrogens (tertiary/aromatic N) is 2. The van der Waals surface area contributed by atoms with E-state index in [2.05, 4.69) is 4.98 Å². The molecular weight excluding hydrogens is 258 g/mol. The third-order valence-electron chi connectivity index (χ3n) is 3.12. The maximum Gasteiger partial charge on any atom is 0.0966 e. The fourth-order valence-electron chi connectivity index (χ4n) is 2.08. The summed E-state index contributed by atoms with van der Waals surface area (Å²) in [7, 11) is 0. The van der Waals surface area contributed by atoms with E-state index in [4.69, 9.17) is 10.7 Å². The Bertz CT molecular complexity index is 708. The maximum absolute atomic E-state index is 6.00. The van der Waals surface area contributed by atoms with Crippen LogP contribution in [0, 0.1) is 0 Å². The van der Waals surface area contributed by atoms with Crippen molar-refractivity contribution in [2.75, 3.05) is 5.73 Å². The average Bonchev–Trinajstić information content (AvgIpc) is 2.56. The molecule has 2 aromatic carbocycles. The molecule has 3 heteroatoms. The minimum atomic E-state index is 0.655. The van der Waals surface area contributed by atoms with Crippen molar-refractivity contribution >= 4 is 17.1 Å². The van der Waals surface area contributed by atoms with E-state index in [0.29, 0.717) is 5.69 Å². The zero-order valence-electron chi connectivity index (χ0n) is 11.5. The normalized spacial score (nSPS) is 11.3. The van der Waals surface area contributed by atoms with Gasteiger partial charge in [0.1, 0.15) is 0 Å². The fourth-order valence-corrected chi connectivity index (χ4v) is 2.08. The van der Waals surface area contributed by atoms with Crippen molar-refractivity contribution < 1.29 is 0 Å². The van der Waals surface area contributed by atoms with Crippen molar-refractivity contribution in [2.45, 2.75) is 0 Å². The van der Waals surface area contributed by atoms with Crippen molar-refractivity contribution in [2.24, 2.45) is 4.99 Å². The van der Waals surface area contributed by atoms with E-state index >= 15 is 0 Å². The molecule has 0 aliphatic rings. The number of hydrogen-bond donors (Lipinski definition) is 1. The second-order valence-corrected chi connectivity index (χ2v) is 4.60. The Morgan fingerprint density at radius 1 is 0.810 bits per heavy atom. The Morgan fingerprint density at radius 3 is 2.24 bits per heavy atom. The zero-order valence-corrected chi connectivity index (χ0v) is 11.5. The van der Waals surface area contributed by atoms with Crippen LogP contribution >= 0.6 is 0 Å². The number of para-hydroxylation sites is 2. The molecular formula is C18H15N3. The zero-order chi connectivity index (χ0) is 14.5. The highest BCUT2D eigenvalue weighted by Gasteiger charge is 2.08. The molecule has 102 valence electrons. The summed E-state index contributed by atoms with van der Waals surface area (Å²) in [5, 5.41) is 0. The molecule has 1 heterocycles. The molecule has 0 bridgehead atoms. The summed E-state index contributed by atoms with van der Waals surface area (Å²) < 4.78 is 0. The van der Waals surface area contributed by atoms with Gasteiger partial charge in [-0.2, -0.15) is 0 Å². The van der Waals surface area contributed by atoms with E-state index in [-0.39, 0.29) is 0 Å². The van der Waals surface area contributed by atoms with Gasteiger partial charge in [0.05, 0.1) is 22.8 Å². The summed E-state index contributed by atoms with van der Waals surface area (Å²) in [5.41, 5.74) is 10.1. The molecule has 0 amide bonds.